The van der Waals surface area contributed by atoms with Gasteiger partial charge in [0.2, 0.25) is 0 Å². The van der Waals surface area contributed by atoms with Crippen molar-refractivity contribution >= 4 is 23.5 Å². The van der Waals surface area contributed by atoms with Crippen molar-refractivity contribution in [3.05, 3.63) is 11.9 Å². The lowest BCUT2D eigenvalue weighted by Gasteiger charge is -2.34. The molecular formula is C18H35N3OS2. The van der Waals surface area contributed by atoms with Crippen molar-refractivity contribution in [1.29, 1.82) is 0 Å². The zero-order chi connectivity index (χ0) is 18.2. The van der Waals surface area contributed by atoms with Gasteiger partial charge in [-0.1, -0.05) is 32.9 Å². The summed E-state index contributed by atoms with van der Waals surface area (Å²) in [4.78, 5) is 0. The van der Waals surface area contributed by atoms with Gasteiger partial charge in [0.1, 0.15) is 0 Å². The van der Waals surface area contributed by atoms with Gasteiger partial charge in [-0.3, -0.25) is 0 Å². The van der Waals surface area contributed by atoms with E-state index in [2.05, 4.69) is 64.3 Å². The minimum atomic E-state index is -0.106. The van der Waals surface area contributed by atoms with Crippen LogP contribution in [0.3, 0.4) is 0 Å². The zero-order valence-corrected chi connectivity index (χ0v) is 18.1. The highest BCUT2D eigenvalue weighted by molar-refractivity contribution is 7.99. The second-order valence-corrected chi connectivity index (χ2v) is 10.6. The third-order valence-electron chi connectivity index (χ3n) is 3.68. The van der Waals surface area contributed by atoms with Crippen molar-refractivity contribution in [2.45, 2.75) is 77.5 Å². The summed E-state index contributed by atoms with van der Waals surface area (Å²) in [6.07, 6.45) is 7.28. The van der Waals surface area contributed by atoms with Gasteiger partial charge in [0.25, 0.3) is 0 Å². The molecule has 0 aromatic carbocycles. The molecule has 0 fully saturated rings. The lowest BCUT2D eigenvalue weighted by molar-refractivity contribution is -0.0452. The summed E-state index contributed by atoms with van der Waals surface area (Å²) in [6, 6.07) is 0. The molecule has 24 heavy (non-hydrogen) atoms. The quantitative estimate of drug-likeness (QED) is 0.488. The standard InChI is InChI=1S/C18H35N3OS2/c1-15(2)24-14-21-12-16(19-20-21)11-17(3,4)13-18(5,6)22-9-8-10-23-7/h12,15H,8-11,13-14H2,1-7H3. The van der Waals surface area contributed by atoms with Gasteiger partial charge in [-0.05, 0) is 50.5 Å². The predicted octanol–water partition coefficient (Wildman–Crippen LogP) is 4.88. The number of aromatic nitrogens is 3. The molecule has 1 heterocycles. The van der Waals surface area contributed by atoms with Gasteiger partial charge in [0.15, 0.2) is 0 Å². The summed E-state index contributed by atoms with van der Waals surface area (Å²) in [5.41, 5.74) is 1.10. The molecule has 0 aliphatic carbocycles. The van der Waals surface area contributed by atoms with Crippen molar-refractivity contribution in [3.63, 3.8) is 0 Å². The Morgan fingerprint density at radius 2 is 1.96 bits per heavy atom. The van der Waals surface area contributed by atoms with Crippen LogP contribution in [0.1, 0.15) is 60.1 Å². The lowest BCUT2D eigenvalue weighted by Crippen LogP contribution is -2.33. The topological polar surface area (TPSA) is 39.9 Å². The van der Waals surface area contributed by atoms with Crippen LogP contribution in [0.5, 0.6) is 0 Å². The van der Waals surface area contributed by atoms with E-state index in [-0.39, 0.29) is 11.0 Å². The van der Waals surface area contributed by atoms with Crippen LogP contribution in [0.25, 0.3) is 0 Å². The maximum absolute atomic E-state index is 6.12. The number of thioether (sulfide) groups is 2. The highest BCUT2D eigenvalue weighted by atomic mass is 32.2. The molecule has 0 bridgehead atoms. The molecule has 0 saturated carbocycles. The van der Waals surface area contributed by atoms with Crippen molar-refractivity contribution in [2.24, 2.45) is 5.41 Å². The third kappa shape index (κ3) is 9.33. The fourth-order valence-electron chi connectivity index (χ4n) is 3.02. The Morgan fingerprint density at radius 3 is 2.58 bits per heavy atom. The molecule has 4 nitrogen and oxygen atoms in total. The molecule has 0 aliphatic heterocycles. The van der Waals surface area contributed by atoms with E-state index in [1.54, 1.807) is 0 Å². The molecule has 0 saturated heterocycles. The molecule has 0 aliphatic rings. The highest BCUT2D eigenvalue weighted by Gasteiger charge is 2.30. The van der Waals surface area contributed by atoms with E-state index in [0.717, 1.165) is 43.2 Å². The first-order valence-corrected chi connectivity index (χ1v) is 11.2. The Kier molecular flexibility index (Phi) is 9.17. The van der Waals surface area contributed by atoms with Crippen molar-refractivity contribution in [1.82, 2.24) is 15.0 Å². The van der Waals surface area contributed by atoms with Gasteiger partial charge >= 0.3 is 0 Å². The number of rotatable bonds is 12. The second kappa shape index (κ2) is 10.1. The van der Waals surface area contributed by atoms with E-state index < -0.39 is 0 Å². The van der Waals surface area contributed by atoms with Crippen LogP contribution < -0.4 is 0 Å². The second-order valence-electron chi connectivity index (χ2n) is 8.07. The normalized spacial score (nSPS) is 13.0. The molecule has 0 radical (unpaired) electrons. The Morgan fingerprint density at radius 1 is 1.25 bits per heavy atom. The van der Waals surface area contributed by atoms with Gasteiger partial charge in [-0.2, -0.15) is 11.8 Å². The SMILES string of the molecule is CSCCCOC(C)(C)CC(C)(C)Cc1cn(CSC(C)C)nn1. The van der Waals surface area contributed by atoms with Gasteiger partial charge in [0, 0.05) is 18.1 Å². The van der Waals surface area contributed by atoms with E-state index >= 15 is 0 Å². The number of hydrogen-bond donors (Lipinski definition) is 0. The Labute approximate surface area is 156 Å². The molecule has 1 aromatic rings. The summed E-state index contributed by atoms with van der Waals surface area (Å²) >= 11 is 3.75. The highest BCUT2D eigenvalue weighted by Crippen LogP contribution is 2.33. The molecule has 0 N–H and O–H groups in total. The fraction of sp³-hybridized carbons (Fsp3) is 0.889. The smallest absolute Gasteiger partial charge is 0.0883 e. The minimum Gasteiger partial charge on any atom is -0.376 e. The van der Waals surface area contributed by atoms with E-state index in [0.29, 0.717) is 5.25 Å². The minimum absolute atomic E-state index is 0.106. The first-order chi connectivity index (χ1) is 11.1. The monoisotopic (exact) mass is 373 g/mol. The molecule has 6 heteroatoms. The number of nitrogens with zero attached hydrogens (tertiary/aromatic N) is 3. The molecule has 0 unspecified atom stereocenters. The zero-order valence-electron chi connectivity index (χ0n) is 16.5. The van der Waals surface area contributed by atoms with Crippen molar-refractivity contribution in [3.8, 4) is 0 Å². The average Bonchev–Trinajstić information content (AvgIpc) is 2.87. The van der Waals surface area contributed by atoms with Crippen LogP contribution in [0, 0.1) is 5.41 Å². The summed E-state index contributed by atoms with van der Waals surface area (Å²) in [5, 5.41) is 9.21. The number of hydrogen-bond acceptors (Lipinski definition) is 5. The Bertz CT molecular complexity index is 473. The number of ether oxygens (including phenoxy) is 1. The van der Waals surface area contributed by atoms with Crippen LogP contribution in [0.2, 0.25) is 0 Å². The first kappa shape index (κ1) is 21.8. The first-order valence-electron chi connectivity index (χ1n) is 8.77. The third-order valence-corrected chi connectivity index (χ3v) is 5.45. The van der Waals surface area contributed by atoms with Crippen LogP contribution in [0.15, 0.2) is 6.20 Å². The van der Waals surface area contributed by atoms with Gasteiger partial charge < -0.3 is 4.74 Å². The van der Waals surface area contributed by atoms with Crippen LogP contribution in [0.4, 0.5) is 0 Å². The van der Waals surface area contributed by atoms with E-state index in [1.165, 1.54) is 0 Å². The molecule has 0 spiro atoms. The maximum Gasteiger partial charge on any atom is 0.0883 e. The summed E-state index contributed by atoms with van der Waals surface area (Å²) in [6.45, 7) is 14.2. The van der Waals surface area contributed by atoms with Crippen molar-refractivity contribution in [2.75, 3.05) is 18.6 Å². The predicted molar refractivity (Wildman–Crippen MR) is 108 cm³/mol. The van der Waals surface area contributed by atoms with Crippen LogP contribution >= 0.6 is 23.5 Å². The Hall–Kier alpha value is -0.200. The molecule has 1 aromatic heterocycles. The average molecular weight is 374 g/mol. The molecule has 1 rings (SSSR count). The molecule has 0 atom stereocenters. The Balaban J connectivity index is 2.49. The van der Waals surface area contributed by atoms with Crippen LogP contribution in [-0.4, -0.2) is 44.5 Å². The van der Waals surface area contributed by atoms with Gasteiger partial charge in [0.05, 0.1) is 17.2 Å². The lowest BCUT2D eigenvalue weighted by atomic mass is 9.78. The van der Waals surface area contributed by atoms with Crippen molar-refractivity contribution < 1.29 is 4.74 Å². The van der Waals surface area contributed by atoms with Crippen LogP contribution in [-0.2, 0) is 17.0 Å². The van der Waals surface area contributed by atoms with E-state index in [9.17, 15) is 0 Å². The van der Waals surface area contributed by atoms with Gasteiger partial charge in [-0.25, -0.2) is 4.68 Å². The van der Waals surface area contributed by atoms with E-state index in [4.69, 9.17) is 4.74 Å². The molecular weight excluding hydrogens is 338 g/mol. The molecule has 0 amide bonds. The van der Waals surface area contributed by atoms with E-state index in [1.807, 2.05) is 28.2 Å². The summed E-state index contributed by atoms with van der Waals surface area (Å²) in [5.74, 6) is 2.03. The summed E-state index contributed by atoms with van der Waals surface area (Å²) in [7, 11) is 0. The van der Waals surface area contributed by atoms with Gasteiger partial charge in [-0.15, -0.1) is 16.9 Å². The largest absolute Gasteiger partial charge is 0.376 e. The molecule has 140 valence electrons. The fourth-order valence-corrected chi connectivity index (χ4v) is 4.00. The maximum atomic E-state index is 6.12. The summed E-state index contributed by atoms with van der Waals surface area (Å²) < 4.78 is 8.06.